The van der Waals surface area contributed by atoms with Gasteiger partial charge in [0.15, 0.2) is 0 Å². The first kappa shape index (κ1) is 26.0. The van der Waals surface area contributed by atoms with Crippen LogP contribution in [0.3, 0.4) is 0 Å². The zero-order chi connectivity index (χ0) is 28.8. The molecule has 2 fully saturated rings. The van der Waals surface area contributed by atoms with E-state index in [9.17, 15) is 19.2 Å². The maximum atomic E-state index is 13.0. The van der Waals surface area contributed by atoms with Gasteiger partial charge in [0.1, 0.15) is 6.04 Å². The van der Waals surface area contributed by atoms with E-state index in [2.05, 4.69) is 26.9 Å². The maximum absolute atomic E-state index is 13.0. The quantitative estimate of drug-likeness (QED) is 0.244. The first-order chi connectivity index (χ1) is 20.4. The summed E-state index contributed by atoms with van der Waals surface area (Å²) in [5.41, 5.74) is 4.86. The van der Waals surface area contributed by atoms with E-state index in [1.54, 1.807) is 24.4 Å². The number of hydrogen-bond donors (Lipinski definition) is 2. The SMILES string of the molecule is O=C1CCC(N2C(=O)c3ccc(NCCC[C@H]4C[C@@H](n5cc(-c6cnc7ccccc7n6)cn5)C4)cc3C2=O)C(=O)N1. The molecule has 4 amide bonds. The number of fused-ring (bicyclic) bond motifs is 2. The summed E-state index contributed by atoms with van der Waals surface area (Å²) >= 11 is 0. The van der Waals surface area contributed by atoms with Gasteiger partial charge in [-0.2, -0.15) is 5.10 Å². The first-order valence-corrected chi connectivity index (χ1v) is 14.3. The molecule has 0 radical (unpaired) electrons. The van der Waals surface area contributed by atoms with Gasteiger partial charge in [0.2, 0.25) is 11.8 Å². The highest BCUT2D eigenvalue weighted by molar-refractivity contribution is 6.23. The Morgan fingerprint density at radius 2 is 1.76 bits per heavy atom. The molecule has 1 saturated carbocycles. The number of carbonyl (C=O) groups is 4. The van der Waals surface area contributed by atoms with Crippen molar-refractivity contribution in [3.8, 4) is 11.3 Å². The average molecular weight is 564 g/mol. The number of nitrogens with zero attached hydrogens (tertiary/aromatic N) is 5. The summed E-state index contributed by atoms with van der Waals surface area (Å²) in [6.07, 6.45) is 10.2. The van der Waals surface area contributed by atoms with Crippen molar-refractivity contribution >= 4 is 40.3 Å². The van der Waals surface area contributed by atoms with Crippen LogP contribution < -0.4 is 10.6 Å². The van der Waals surface area contributed by atoms with Crippen molar-refractivity contribution in [2.75, 3.05) is 11.9 Å². The van der Waals surface area contributed by atoms with Crippen molar-refractivity contribution in [2.45, 2.75) is 50.6 Å². The van der Waals surface area contributed by atoms with E-state index >= 15 is 0 Å². The van der Waals surface area contributed by atoms with Gasteiger partial charge in [-0.3, -0.25) is 39.1 Å². The third kappa shape index (κ3) is 4.70. The van der Waals surface area contributed by atoms with E-state index in [4.69, 9.17) is 4.98 Å². The minimum absolute atomic E-state index is 0.0991. The van der Waals surface area contributed by atoms with Crippen LogP contribution in [0, 0.1) is 5.92 Å². The van der Waals surface area contributed by atoms with Crippen LogP contribution in [-0.2, 0) is 9.59 Å². The van der Waals surface area contributed by atoms with Gasteiger partial charge >= 0.3 is 0 Å². The van der Waals surface area contributed by atoms with Crippen molar-refractivity contribution in [2.24, 2.45) is 5.92 Å². The second kappa shape index (κ2) is 10.5. The second-order valence-electron chi connectivity index (χ2n) is 11.2. The van der Waals surface area contributed by atoms with Gasteiger partial charge in [-0.05, 0) is 68.4 Å². The van der Waals surface area contributed by atoms with Crippen LogP contribution in [0.2, 0.25) is 0 Å². The summed E-state index contributed by atoms with van der Waals surface area (Å²) < 4.78 is 2.04. The Morgan fingerprint density at radius 1 is 0.952 bits per heavy atom. The molecule has 212 valence electrons. The van der Waals surface area contributed by atoms with Crippen molar-refractivity contribution in [3.05, 3.63) is 72.2 Å². The third-order valence-electron chi connectivity index (χ3n) is 8.49. The number of anilines is 1. The summed E-state index contributed by atoms with van der Waals surface area (Å²) in [6.45, 7) is 0.742. The summed E-state index contributed by atoms with van der Waals surface area (Å²) in [4.78, 5) is 59.9. The summed E-state index contributed by atoms with van der Waals surface area (Å²) in [5.74, 6) is -1.36. The van der Waals surface area contributed by atoms with Crippen LogP contribution >= 0.6 is 0 Å². The Morgan fingerprint density at radius 3 is 2.60 bits per heavy atom. The fourth-order valence-electron chi connectivity index (χ4n) is 6.12. The Hall–Kier alpha value is -4.93. The standard InChI is InChI=1S/C31H29N7O4/c39-28-10-9-27(29(40)36-28)38-30(41)22-8-7-20(14-23(22)31(38)42)32-11-3-4-18-12-21(13-18)37-17-19(15-34-37)26-16-33-24-5-1-2-6-25(24)35-26/h1-2,5-8,14-18,21,27,32H,3-4,9-13H2,(H,36,39,40)/t18-,21+,27?. The number of carbonyl (C=O) groups excluding carboxylic acids is 4. The number of hydrogen-bond acceptors (Lipinski definition) is 8. The highest BCUT2D eigenvalue weighted by Crippen LogP contribution is 2.40. The molecule has 0 spiro atoms. The van der Waals surface area contributed by atoms with Gasteiger partial charge in [0.05, 0.1) is 46.3 Å². The Balaban J connectivity index is 0.889. The highest BCUT2D eigenvalue weighted by Gasteiger charge is 2.44. The molecule has 1 aliphatic carbocycles. The molecule has 1 saturated heterocycles. The molecule has 2 aromatic carbocycles. The molecule has 7 rings (SSSR count). The van der Waals surface area contributed by atoms with Gasteiger partial charge in [-0.1, -0.05) is 12.1 Å². The van der Waals surface area contributed by atoms with Crippen molar-refractivity contribution < 1.29 is 19.2 Å². The Labute approximate surface area is 241 Å². The zero-order valence-corrected chi connectivity index (χ0v) is 22.8. The molecule has 1 atom stereocenters. The fraction of sp³-hybridized carbons (Fsp3) is 0.323. The lowest BCUT2D eigenvalue weighted by Gasteiger charge is -2.35. The van der Waals surface area contributed by atoms with Gasteiger partial charge in [0.25, 0.3) is 11.8 Å². The molecule has 1 unspecified atom stereocenters. The zero-order valence-electron chi connectivity index (χ0n) is 22.8. The van der Waals surface area contributed by atoms with E-state index in [1.165, 1.54) is 0 Å². The molecule has 4 aromatic rings. The van der Waals surface area contributed by atoms with E-state index in [0.717, 1.165) is 65.1 Å². The van der Waals surface area contributed by atoms with E-state index in [-0.39, 0.29) is 29.9 Å². The minimum atomic E-state index is -0.960. The Kier molecular flexibility index (Phi) is 6.49. The van der Waals surface area contributed by atoms with E-state index in [0.29, 0.717) is 12.0 Å². The largest absolute Gasteiger partial charge is 0.385 e. The smallest absolute Gasteiger partial charge is 0.262 e. The monoisotopic (exact) mass is 563 g/mol. The van der Waals surface area contributed by atoms with Gasteiger partial charge in [0, 0.05) is 30.4 Å². The summed E-state index contributed by atoms with van der Waals surface area (Å²) in [5, 5.41) is 10.2. The molecule has 11 nitrogen and oxygen atoms in total. The summed E-state index contributed by atoms with van der Waals surface area (Å²) in [7, 11) is 0. The minimum Gasteiger partial charge on any atom is -0.385 e. The van der Waals surface area contributed by atoms with Crippen LogP contribution in [-0.4, -0.2) is 60.9 Å². The van der Waals surface area contributed by atoms with Crippen molar-refractivity contribution in [1.82, 2.24) is 30.0 Å². The number of para-hydroxylation sites is 2. The first-order valence-electron chi connectivity index (χ1n) is 14.3. The normalized spacial score (nSPS) is 21.8. The second-order valence-corrected chi connectivity index (χ2v) is 11.2. The van der Waals surface area contributed by atoms with Crippen LogP contribution in [0.5, 0.6) is 0 Å². The molecule has 2 aliphatic heterocycles. The van der Waals surface area contributed by atoms with Crippen LogP contribution in [0.25, 0.3) is 22.3 Å². The predicted octanol–water partition coefficient (Wildman–Crippen LogP) is 3.74. The molecule has 42 heavy (non-hydrogen) atoms. The van der Waals surface area contributed by atoms with Crippen molar-refractivity contribution in [3.63, 3.8) is 0 Å². The molecular formula is C31H29N7O4. The van der Waals surface area contributed by atoms with Crippen LogP contribution in [0.15, 0.2) is 61.1 Å². The molecule has 11 heteroatoms. The number of nitrogens with one attached hydrogen (secondary N) is 2. The van der Waals surface area contributed by atoms with Gasteiger partial charge in [-0.15, -0.1) is 0 Å². The highest BCUT2D eigenvalue weighted by atomic mass is 16.2. The van der Waals surface area contributed by atoms with Crippen LogP contribution in [0.1, 0.15) is 65.3 Å². The number of rotatable bonds is 8. The molecule has 4 heterocycles. The Bertz CT molecular complexity index is 1740. The van der Waals surface area contributed by atoms with Crippen molar-refractivity contribution in [1.29, 1.82) is 0 Å². The fourth-order valence-corrected chi connectivity index (χ4v) is 6.12. The van der Waals surface area contributed by atoms with E-state index in [1.807, 2.05) is 35.1 Å². The molecule has 2 aromatic heterocycles. The lowest BCUT2D eigenvalue weighted by molar-refractivity contribution is -0.136. The number of aromatic nitrogens is 4. The maximum Gasteiger partial charge on any atom is 0.262 e. The lowest BCUT2D eigenvalue weighted by Crippen LogP contribution is -2.54. The van der Waals surface area contributed by atoms with Gasteiger partial charge in [-0.25, -0.2) is 4.98 Å². The molecule has 2 N–H and O–H groups in total. The van der Waals surface area contributed by atoms with Gasteiger partial charge < -0.3 is 5.32 Å². The van der Waals surface area contributed by atoms with E-state index < -0.39 is 23.8 Å². The number of piperidine rings is 1. The number of benzene rings is 2. The molecule has 0 bridgehead atoms. The van der Waals surface area contributed by atoms with Crippen LogP contribution in [0.4, 0.5) is 5.69 Å². The topological polar surface area (TPSA) is 139 Å². The average Bonchev–Trinajstić information content (AvgIpc) is 3.55. The third-order valence-corrected chi connectivity index (χ3v) is 8.49. The number of amides is 4. The molecule has 3 aliphatic rings. The molecular weight excluding hydrogens is 534 g/mol. The summed E-state index contributed by atoms with van der Waals surface area (Å²) in [6, 6.07) is 12.3. The lowest BCUT2D eigenvalue weighted by atomic mass is 9.77. The number of imide groups is 2. The predicted molar refractivity (Wildman–Crippen MR) is 153 cm³/mol.